The lowest BCUT2D eigenvalue weighted by Crippen LogP contribution is -2.53. The standard InChI is InChI=1S/C11H12N2O5S/c1-12-9-4-8(2-3-10(9)18-11(12)15)19(16,17)13-5-7(14)6-13/h2-4,7,14H,5-6H2,1H3. The molecule has 1 aliphatic heterocycles. The van der Waals surface area contributed by atoms with Gasteiger partial charge in [-0.1, -0.05) is 0 Å². The van der Waals surface area contributed by atoms with Crippen molar-refractivity contribution in [3.63, 3.8) is 0 Å². The van der Waals surface area contributed by atoms with Crippen molar-refractivity contribution in [2.45, 2.75) is 11.0 Å². The Morgan fingerprint density at radius 1 is 1.37 bits per heavy atom. The zero-order chi connectivity index (χ0) is 13.8. The molecule has 2 aromatic rings. The van der Waals surface area contributed by atoms with Crippen LogP contribution in [0, 0.1) is 0 Å². The third kappa shape index (κ3) is 1.79. The van der Waals surface area contributed by atoms with E-state index in [0.717, 1.165) is 0 Å². The number of rotatable bonds is 2. The second kappa shape index (κ2) is 3.92. The molecule has 0 aliphatic carbocycles. The van der Waals surface area contributed by atoms with Crippen LogP contribution in [0.3, 0.4) is 0 Å². The Labute approximate surface area is 108 Å². The van der Waals surface area contributed by atoms with E-state index in [-0.39, 0.29) is 18.0 Å². The Bertz CT molecular complexity index is 798. The molecule has 7 nitrogen and oxygen atoms in total. The fourth-order valence-corrected chi connectivity index (χ4v) is 3.56. The average molecular weight is 284 g/mol. The summed E-state index contributed by atoms with van der Waals surface area (Å²) in [5, 5.41) is 9.18. The molecule has 2 heterocycles. The fourth-order valence-electron chi connectivity index (χ4n) is 2.03. The molecule has 1 aromatic heterocycles. The molecule has 1 fully saturated rings. The van der Waals surface area contributed by atoms with E-state index in [0.29, 0.717) is 11.1 Å². The summed E-state index contributed by atoms with van der Waals surface area (Å²) in [4.78, 5) is 11.4. The molecule has 0 unspecified atom stereocenters. The van der Waals surface area contributed by atoms with Crippen LogP contribution in [0.25, 0.3) is 11.1 Å². The van der Waals surface area contributed by atoms with Crippen LogP contribution in [0.2, 0.25) is 0 Å². The Morgan fingerprint density at radius 3 is 2.68 bits per heavy atom. The van der Waals surface area contributed by atoms with Crippen LogP contribution in [-0.2, 0) is 17.1 Å². The van der Waals surface area contributed by atoms with E-state index < -0.39 is 21.9 Å². The molecule has 8 heteroatoms. The normalized spacial score (nSPS) is 17.8. The van der Waals surface area contributed by atoms with E-state index in [2.05, 4.69) is 0 Å². The number of nitrogens with zero attached hydrogens (tertiary/aromatic N) is 2. The van der Waals surface area contributed by atoms with Gasteiger partial charge in [0.05, 0.1) is 16.5 Å². The SMILES string of the molecule is Cn1c(=O)oc2ccc(S(=O)(=O)N3CC(O)C3)cc21. The Kier molecular flexibility index (Phi) is 2.56. The summed E-state index contributed by atoms with van der Waals surface area (Å²) in [5.74, 6) is -0.538. The molecule has 1 aliphatic rings. The van der Waals surface area contributed by atoms with Gasteiger partial charge in [-0.25, -0.2) is 13.2 Å². The van der Waals surface area contributed by atoms with Gasteiger partial charge >= 0.3 is 5.76 Å². The molecule has 1 N–H and O–H groups in total. The topological polar surface area (TPSA) is 92.8 Å². The first-order chi connectivity index (χ1) is 8.89. The van der Waals surface area contributed by atoms with Crippen LogP contribution in [0.4, 0.5) is 0 Å². The summed E-state index contributed by atoms with van der Waals surface area (Å²) >= 11 is 0. The summed E-state index contributed by atoms with van der Waals surface area (Å²) in [6.45, 7) is 0.204. The maximum atomic E-state index is 12.2. The van der Waals surface area contributed by atoms with Crippen LogP contribution < -0.4 is 5.76 Å². The zero-order valence-electron chi connectivity index (χ0n) is 10.1. The Morgan fingerprint density at radius 2 is 2.05 bits per heavy atom. The predicted octanol–water partition coefficient (Wildman–Crippen LogP) is -0.503. The number of aliphatic hydroxyl groups excluding tert-OH is 1. The average Bonchev–Trinajstić information content (AvgIpc) is 2.61. The largest absolute Gasteiger partial charge is 0.419 e. The van der Waals surface area contributed by atoms with Gasteiger partial charge in [-0.3, -0.25) is 4.57 Å². The van der Waals surface area contributed by atoms with Gasteiger partial charge in [0, 0.05) is 20.1 Å². The first kappa shape index (κ1) is 12.4. The Hall–Kier alpha value is -1.64. The van der Waals surface area contributed by atoms with Crippen molar-refractivity contribution in [3.8, 4) is 0 Å². The highest BCUT2D eigenvalue weighted by atomic mass is 32.2. The van der Waals surface area contributed by atoms with Gasteiger partial charge in [-0.05, 0) is 18.2 Å². The third-order valence-electron chi connectivity index (χ3n) is 3.23. The molecular formula is C11H12N2O5S. The maximum Gasteiger partial charge on any atom is 0.419 e. The molecule has 0 amide bonds. The molecule has 3 rings (SSSR count). The minimum Gasteiger partial charge on any atom is -0.408 e. The first-order valence-electron chi connectivity index (χ1n) is 5.67. The lowest BCUT2D eigenvalue weighted by Gasteiger charge is -2.34. The molecule has 0 saturated carbocycles. The van der Waals surface area contributed by atoms with Crippen molar-refractivity contribution in [1.82, 2.24) is 8.87 Å². The number of aryl methyl sites for hydroxylation is 1. The number of hydrogen-bond acceptors (Lipinski definition) is 5. The number of benzene rings is 1. The van der Waals surface area contributed by atoms with Gasteiger partial charge in [-0.15, -0.1) is 0 Å². The number of sulfonamides is 1. The smallest absolute Gasteiger partial charge is 0.408 e. The van der Waals surface area contributed by atoms with E-state index in [1.807, 2.05) is 0 Å². The van der Waals surface area contributed by atoms with Crippen molar-refractivity contribution in [1.29, 1.82) is 0 Å². The van der Waals surface area contributed by atoms with E-state index in [1.54, 1.807) is 0 Å². The van der Waals surface area contributed by atoms with Gasteiger partial charge in [0.15, 0.2) is 5.58 Å². The van der Waals surface area contributed by atoms with E-state index in [9.17, 15) is 18.3 Å². The fraction of sp³-hybridized carbons (Fsp3) is 0.364. The second-order valence-electron chi connectivity index (χ2n) is 4.53. The van der Waals surface area contributed by atoms with Crippen molar-refractivity contribution >= 4 is 21.1 Å². The van der Waals surface area contributed by atoms with Crippen molar-refractivity contribution in [3.05, 3.63) is 28.7 Å². The molecule has 19 heavy (non-hydrogen) atoms. The summed E-state index contributed by atoms with van der Waals surface area (Å²) in [6.07, 6.45) is -0.600. The summed E-state index contributed by atoms with van der Waals surface area (Å²) in [5.41, 5.74) is 0.766. The quantitative estimate of drug-likeness (QED) is 0.802. The molecule has 0 bridgehead atoms. The minimum absolute atomic E-state index is 0.0864. The molecule has 0 radical (unpaired) electrons. The number of aromatic nitrogens is 1. The molecule has 1 saturated heterocycles. The number of oxazole rings is 1. The lowest BCUT2D eigenvalue weighted by atomic mass is 10.2. The third-order valence-corrected chi connectivity index (χ3v) is 5.06. The van der Waals surface area contributed by atoms with Gasteiger partial charge in [0.1, 0.15) is 0 Å². The molecule has 0 atom stereocenters. The monoisotopic (exact) mass is 284 g/mol. The number of aliphatic hydroxyl groups is 1. The highest BCUT2D eigenvalue weighted by Gasteiger charge is 2.35. The number of fused-ring (bicyclic) bond motifs is 1. The minimum atomic E-state index is -3.62. The summed E-state index contributed by atoms with van der Waals surface area (Å²) in [6, 6.07) is 4.26. The van der Waals surface area contributed by atoms with E-state index in [1.165, 1.54) is 34.1 Å². The van der Waals surface area contributed by atoms with Gasteiger partial charge in [-0.2, -0.15) is 4.31 Å². The van der Waals surface area contributed by atoms with Crippen molar-refractivity contribution in [2.24, 2.45) is 7.05 Å². The van der Waals surface area contributed by atoms with Crippen LogP contribution >= 0.6 is 0 Å². The number of hydrogen-bond donors (Lipinski definition) is 1. The van der Waals surface area contributed by atoms with E-state index >= 15 is 0 Å². The molecule has 0 spiro atoms. The Balaban J connectivity index is 2.11. The van der Waals surface area contributed by atoms with Gasteiger partial charge < -0.3 is 9.52 Å². The van der Waals surface area contributed by atoms with E-state index in [4.69, 9.17) is 4.42 Å². The van der Waals surface area contributed by atoms with Gasteiger partial charge in [0.25, 0.3) is 0 Å². The second-order valence-corrected chi connectivity index (χ2v) is 6.47. The molecule has 1 aromatic carbocycles. The first-order valence-corrected chi connectivity index (χ1v) is 7.11. The predicted molar refractivity (Wildman–Crippen MR) is 66.2 cm³/mol. The molecular weight excluding hydrogens is 272 g/mol. The zero-order valence-corrected chi connectivity index (χ0v) is 10.9. The molecule has 102 valence electrons. The van der Waals surface area contributed by atoms with Crippen LogP contribution in [0.1, 0.15) is 0 Å². The van der Waals surface area contributed by atoms with Crippen molar-refractivity contribution < 1.29 is 17.9 Å². The maximum absolute atomic E-state index is 12.2. The highest BCUT2D eigenvalue weighted by molar-refractivity contribution is 7.89. The summed E-state index contributed by atoms with van der Waals surface area (Å²) in [7, 11) is -2.11. The summed E-state index contributed by atoms with van der Waals surface area (Å²) < 4.78 is 31.8. The van der Waals surface area contributed by atoms with Crippen LogP contribution in [0.5, 0.6) is 0 Å². The highest BCUT2D eigenvalue weighted by Crippen LogP contribution is 2.24. The van der Waals surface area contributed by atoms with Crippen LogP contribution in [0.15, 0.2) is 32.3 Å². The lowest BCUT2D eigenvalue weighted by molar-refractivity contribution is 0.0548. The van der Waals surface area contributed by atoms with Crippen molar-refractivity contribution in [2.75, 3.05) is 13.1 Å². The van der Waals surface area contributed by atoms with Gasteiger partial charge in [0.2, 0.25) is 10.0 Å². The van der Waals surface area contributed by atoms with Crippen LogP contribution in [-0.4, -0.2) is 41.6 Å². The number of β-amino-alcohol motifs (C(OH)–C–C–N with tert-alkyl or cyclic N) is 1.